The zero-order valence-corrected chi connectivity index (χ0v) is 17.7. The van der Waals surface area contributed by atoms with Crippen molar-refractivity contribution in [2.75, 3.05) is 5.32 Å². The van der Waals surface area contributed by atoms with Gasteiger partial charge in [-0.3, -0.25) is 0 Å². The number of benzene rings is 4. The number of aromatic amines is 1. The highest BCUT2D eigenvalue weighted by atomic mass is 14.9. The Bertz CT molecular complexity index is 1410. The first-order valence-electron chi connectivity index (χ1n) is 10.8. The Balaban J connectivity index is 1.39. The van der Waals surface area contributed by atoms with E-state index in [1.165, 1.54) is 44.4 Å². The molecule has 0 unspecified atom stereocenters. The molecule has 0 bridgehead atoms. The molecule has 0 atom stereocenters. The van der Waals surface area contributed by atoms with Crippen LogP contribution in [0.5, 0.6) is 0 Å². The molecule has 0 saturated carbocycles. The number of para-hydroxylation sites is 2. The van der Waals surface area contributed by atoms with Crippen LogP contribution in [0.15, 0.2) is 97.1 Å². The van der Waals surface area contributed by atoms with Crippen molar-refractivity contribution < 1.29 is 0 Å². The predicted octanol–water partition coefficient (Wildman–Crippen LogP) is 7.88. The topological polar surface area (TPSA) is 27.8 Å². The van der Waals surface area contributed by atoms with E-state index in [-0.39, 0.29) is 5.41 Å². The van der Waals surface area contributed by atoms with E-state index in [2.05, 4.69) is 103 Å². The van der Waals surface area contributed by atoms with Crippen molar-refractivity contribution in [3.8, 4) is 22.4 Å². The third-order valence-electron chi connectivity index (χ3n) is 6.57. The Kier molecular flexibility index (Phi) is 3.85. The van der Waals surface area contributed by atoms with Gasteiger partial charge in [0, 0.05) is 33.3 Å². The number of hydrogen-bond acceptors (Lipinski definition) is 1. The summed E-state index contributed by atoms with van der Waals surface area (Å²) in [6.45, 7) is 4.67. The van der Waals surface area contributed by atoms with E-state index in [1.807, 2.05) is 18.2 Å². The molecule has 0 radical (unpaired) electrons. The minimum Gasteiger partial charge on any atom is -0.356 e. The van der Waals surface area contributed by atoms with Gasteiger partial charge in [-0.2, -0.15) is 0 Å². The molecule has 2 heteroatoms. The number of H-pyrrole nitrogens is 1. The van der Waals surface area contributed by atoms with Crippen LogP contribution in [-0.4, -0.2) is 4.98 Å². The van der Waals surface area contributed by atoms with Gasteiger partial charge in [-0.1, -0.05) is 74.5 Å². The molecular formula is C29H24N2. The molecule has 1 aromatic heterocycles. The zero-order chi connectivity index (χ0) is 21.0. The van der Waals surface area contributed by atoms with Gasteiger partial charge < -0.3 is 10.3 Å². The monoisotopic (exact) mass is 400 g/mol. The van der Waals surface area contributed by atoms with Gasteiger partial charge in [0.05, 0.1) is 5.69 Å². The lowest BCUT2D eigenvalue weighted by Crippen LogP contribution is -2.14. The van der Waals surface area contributed by atoms with Crippen LogP contribution in [-0.2, 0) is 5.41 Å². The smallest absolute Gasteiger partial charge is 0.0509 e. The third kappa shape index (κ3) is 2.79. The number of fused-ring (bicyclic) bond motifs is 5. The van der Waals surface area contributed by atoms with Gasteiger partial charge in [0.2, 0.25) is 0 Å². The highest BCUT2D eigenvalue weighted by Gasteiger charge is 2.38. The summed E-state index contributed by atoms with van der Waals surface area (Å²) in [6, 6.07) is 34.5. The fourth-order valence-electron chi connectivity index (χ4n) is 5.04. The van der Waals surface area contributed by atoms with Crippen molar-refractivity contribution in [2.45, 2.75) is 19.3 Å². The first kappa shape index (κ1) is 18.0. The highest BCUT2D eigenvalue weighted by Crippen LogP contribution is 2.52. The maximum atomic E-state index is 3.69. The SMILES string of the molecule is CC1(C)c2ccc(-c3ccc(Nc4ccccc4)cc3)cc2-c2[nH]c3ccccc3c21. The second-order valence-corrected chi connectivity index (χ2v) is 8.87. The lowest BCUT2D eigenvalue weighted by Gasteiger charge is -2.21. The molecule has 0 saturated heterocycles. The summed E-state index contributed by atoms with van der Waals surface area (Å²) < 4.78 is 0. The van der Waals surface area contributed by atoms with Crippen LogP contribution in [0.2, 0.25) is 0 Å². The van der Waals surface area contributed by atoms with Crippen LogP contribution in [0.4, 0.5) is 11.4 Å². The van der Waals surface area contributed by atoms with Gasteiger partial charge in [-0.05, 0) is 58.7 Å². The minimum atomic E-state index is -0.00768. The van der Waals surface area contributed by atoms with E-state index in [4.69, 9.17) is 0 Å². The quantitative estimate of drug-likeness (QED) is 0.317. The lowest BCUT2D eigenvalue weighted by molar-refractivity contribution is 0.667. The standard InChI is InChI=1S/C29H24N2/c1-29(2)25-17-14-20(18-24(25)28-27(29)23-10-6-7-11-26(23)31-28)19-12-15-22(16-13-19)30-21-8-4-3-5-9-21/h3-18,30-31H,1-2H3. The second-order valence-electron chi connectivity index (χ2n) is 8.87. The van der Waals surface area contributed by atoms with E-state index in [0.717, 1.165) is 11.4 Å². The van der Waals surface area contributed by atoms with Gasteiger partial charge in [0.15, 0.2) is 0 Å². The van der Waals surface area contributed by atoms with Gasteiger partial charge in [0.1, 0.15) is 0 Å². The molecular weight excluding hydrogens is 376 g/mol. The van der Waals surface area contributed by atoms with E-state index in [0.29, 0.717) is 0 Å². The van der Waals surface area contributed by atoms with Crippen LogP contribution in [0, 0.1) is 0 Å². The molecule has 4 aromatic carbocycles. The number of anilines is 2. The molecule has 2 nitrogen and oxygen atoms in total. The summed E-state index contributed by atoms with van der Waals surface area (Å²) in [5.41, 5.74) is 11.3. The highest BCUT2D eigenvalue weighted by molar-refractivity contribution is 5.97. The summed E-state index contributed by atoms with van der Waals surface area (Å²) in [5, 5.41) is 4.79. The van der Waals surface area contributed by atoms with Crippen molar-refractivity contribution in [3.05, 3.63) is 108 Å². The molecule has 150 valence electrons. The Morgan fingerprint density at radius 2 is 1.35 bits per heavy atom. The van der Waals surface area contributed by atoms with Gasteiger partial charge in [0.25, 0.3) is 0 Å². The van der Waals surface area contributed by atoms with E-state index >= 15 is 0 Å². The number of aromatic nitrogens is 1. The van der Waals surface area contributed by atoms with E-state index < -0.39 is 0 Å². The average molecular weight is 401 g/mol. The molecule has 5 aromatic rings. The lowest BCUT2D eigenvalue weighted by atomic mass is 9.81. The summed E-state index contributed by atoms with van der Waals surface area (Å²) in [6.07, 6.45) is 0. The molecule has 1 aliphatic carbocycles. The summed E-state index contributed by atoms with van der Waals surface area (Å²) in [4.78, 5) is 3.69. The van der Waals surface area contributed by atoms with Crippen LogP contribution in [0.25, 0.3) is 33.3 Å². The van der Waals surface area contributed by atoms with Crippen LogP contribution >= 0.6 is 0 Å². The molecule has 1 aliphatic rings. The first-order chi connectivity index (χ1) is 15.1. The minimum absolute atomic E-state index is 0.00768. The van der Waals surface area contributed by atoms with E-state index in [1.54, 1.807) is 0 Å². The Morgan fingerprint density at radius 1 is 0.677 bits per heavy atom. The molecule has 0 fully saturated rings. The van der Waals surface area contributed by atoms with Crippen LogP contribution < -0.4 is 5.32 Å². The Morgan fingerprint density at radius 3 is 2.16 bits per heavy atom. The van der Waals surface area contributed by atoms with Crippen LogP contribution in [0.3, 0.4) is 0 Å². The molecule has 1 heterocycles. The first-order valence-corrected chi connectivity index (χ1v) is 10.8. The third-order valence-corrected chi connectivity index (χ3v) is 6.57. The molecule has 0 spiro atoms. The number of rotatable bonds is 3. The largest absolute Gasteiger partial charge is 0.356 e. The van der Waals surface area contributed by atoms with Gasteiger partial charge in [-0.25, -0.2) is 0 Å². The second kappa shape index (κ2) is 6.61. The predicted molar refractivity (Wildman–Crippen MR) is 131 cm³/mol. The fourth-order valence-corrected chi connectivity index (χ4v) is 5.04. The van der Waals surface area contributed by atoms with Gasteiger partial charge in [-0.15, -0.1) is 0 Å². The Labute approximate surface area is 182 Å². The molecule has 0 amide bonds. The van der Waals surface area contributed by atoms with Crippen molar-refractivity contribution in [1.82, 2.24) is 4.98 Å². The normalized spacial score (nSPS) is 13.7. The van der Waals surface area contributed by atoms with Crippen molar-refractivity contribution in [3.63, 3.8) is 0 Å². The van der Waals surface area contributed by atoms with Crippen molar-refractivity contribution in [1.29, 1.82) is 0 Å². The van der Waals surface area contributed by atoms with Gasteiger partial charge >= 0.3 is 0 Å². The van der Waals surface area contributed by atoms with Crippen molar-refractivity contribution >= 4 is 22.3 Å². The average Bonchev–Trinajstić information content (AvgIpc) is 3.29. The summed E-state index contributed by atoms with van der Waals surface area (Å²) in [7, 11) is 0. The number of hydrogen-bond donors (Lipinski definition) is 2. The maximum absolute atomic E-state index is 3.69. The summed E-state index contributed by atoms with van der Waals surface area (Å²) >= 11 is 0. The maximum Gasteiger partial charge on any atom is 0.0509 e. The molecule has 6 rings (SSSR count). The molecule has 31 heavy (non-hydrogen) atoms. The summed E-state index contributed by atoms with van der Waals surface area (Å²) in [5.74, 6) is 0. The number of nitrogens with one attached hydrogen (secondary N) is 2. The van der Waals surface area contributed by atoms with E-state index in [9.17, 15) is 0 Å². The zero-order valence-electron chi connectivity index (χ0n) is 17.7. The van der Waals surface area contributed by atoms with Crippen LogP contribution in [0.1, 0.15) is 25.0 Å². The van der Waals surface area contributed by atoms with Crippen molar-refractivity contribution in [2.24, 2.45) is 0 Å². The Hall–Kier alpha value is -3.78. The fraction of sp³-hybridized carbons (Fsp3) is 0.103. The molecule has 2 N–H and O–H groups in total. The molecule has 0 aliphatic heterocycles.